The molecule has 1 aromatic carbocycles. The first-order valence-corrected chi connectivity index (χ1v) is 6.90. The largest absolute Gasteiger partial charge is 0.259 e. The van der Waals surface area contributed by atoms with Gasteiger partial charge in [0.15, 0.2) is 0 Å². The summed E-state index contributed by atoms with van der Waals surface area (Å²) in [6, 6.07) is 8.30. The molecule has 1 rings (SSSR count). The van der Waals surface area contributed by atoms with E-state index in [1.54, 1.807) is 0 Å². The van der Waals surface area contributed by atoms with Crippen LogP contribution in [0.2, 0.25) is 0 Å². The number of rotatable bonds is 5. The summed E-state index contributed by atoms with van der Waals surface area (Å²) in [4.78, 5) is 0. The molecule has 16 heavy (non-hydrogen) atoms. The van der Waals surface area contributed by atoms with Gasteiger partial charge in [-0.05, 0) is 31.4 Å². The molecule has 0 aliphatic rings. The first-order valence-electron chi connectivity index (χ1n) is 5.41. The highest BCUT2D eigenvalue weighted by Crippen LogP contribution is 2.13. The lowest BCUT2D eigenvalue weighted by Gasteiger charge is -2.06. The van der Waals surface area contributed by atoms with Gasteiger partial charge >= 0.3 is 0 Å². The summed E-state index contributed by atoms with van der Waals surface area (Å²) in [5, 5.41) is 8.40. The minimum absolute atomic E-state index is 0.499. The lowest BCUT2D eigenvalue weighted by Crippen LogP contribution is -2.02. The van der Waals surface area contributed by atoms with Gasteiger partial charge in [0, 0.05) is 28.7 Å². The molecule has 0 aliphatic carbocycles. The fourth-order valence-corrected chi connectivity index (χ4v) is 2.78. The summed E-state index contributed by atoms with van der Waals surface area (Å²) in [6.07, 6.45) is 1.23. The SMILES string of the molecule is Cc1ccc(C)c(C[S@@](=O)CCCC#N)c1. The number of nitriles is 1. The van der Waals surface area contributed by atoms with Gasteiger partial charge in [0.05, 0.1) is 6.07 Å². The minimum atomic E-state index is -0.842. The molecule has 1 atom stereocenters. The molecule has 0 aliphatic heterocycles. The van der Waals surface area contributed by atoms with Crippen LogP contribution >= 0.6 is 0 Å². The van der Waals surface area contributed by atoms with Crippen molar-refractivity contribution in [3.05, 3.63) is 34.9 Å². The minimum Gasteiger partial charge on any atom is -0.259 e. The molecule has 1 aromatic rings. The smallest absolute Gasteiger partial charge is 0.0622 e. The van der Waals surface area contributed by atoms with Crippen LogP contribution < -0.4 is 0 Å². The maximum absolute atomic E-state index is 11.8. The Morgan fingerprint density at radius 3 is 2.81 bits per heavy atom. The molecule has 0 saturated carbocycles. The standard InChI is InChI=1S/C13H17NOS/c1-11-5-6-12(2)13(9-11)10-16(15)8-4-3-7-14/h5-6,9H,3-4,8,10H2,1-2H3/t16-/m0/s1. The molecule has 0 fully saturated rings. The number of hydrogen-bond donors (Lipinski definition) is 0. The van der Waals surface area contributed by atoms with E-state index in [-0.39, 0.29) is 0 Å². The molecule has 0 bridgehead atoms. The third-order valence-corrected chi connectivity index (χ3v) is 3.86. The van der Waals surface area contributed by atoms with E-state index in [0.717, 1.165) is 12.0 Å². The van der Waals surface area contributed by atoms with Crippen molar-refractivity contribution in [1.82, 2.24) is 0 Å². The quantitative estimate of drug-likeness (QED) is 0.736. The molecule has 0 spiro atoms. The van der Waals surface area contributed by atoms with Crippen molar-refractivity contribution in [3.8, 4) is 6.07 Å². The Morgan fingerprint density at radius 2 is 2.12 bits per heavy atom. The van der Waals surface area contributed by atoms with Crippen LogP contribution in [-0.4, -0.2) is 9.96 Å². The second-order valence-corrected chi connectivity index (χ2v) is 5.56. The second-order valence-electron chi connectivity index (χ2n) is 3.98. The van der Waals surface area contributed by atoms with Crippen molar-refractivity contribution in [3.63, 3.8) is 0 Å². The summed E-state index contributed by atoms with van der Waals surface area (Å²) >= 11 is 0. The molecule has 0 amide bonds. The predicted octanol–water partition coefficient (Wildman–Crippen LogP) is 2.86. The lowest BCUT2D eigenvalue weighted by atomic mass is 10.1. The fourth-order valence-electron chi connectivity index (χ4n) is 1.51. The lowest BCUT2D eigenvalue weighted by molar-refractivity contribution is 0.680. The van der Waals surface area contributed by atoms with Crippen LogP contribution in [0.3, 0.4) is 0 Å². The Labute approximate surface area is 99.8 Å². The van der Waals surface area contributed by atoms with Crippen molar-refractivity contribution >= 4 is 10.8 Å². The molecule has 0 aromatic heterocycles. The second kappa shape index (κ2) is 6.44. The highest BCUT2D eigenvalue weighted by Gasteiger charge is 2.04. The van der Waals surface area contributed by atoms with Crippen molar-refractivity contribution in [2.45, 2.75) is 32.4 Å². The van der Waals surface area contributed by atoms with Gasteiger partial charge in [-0.15, -0.1) is 0 Å². The Kier molecular flexibility index (Phi) is 5.21. The molecule has 3 heteroatoms. The van der Waals surface area contributed by atoms with Crippen molar-refractivity contribution < 1.29 is 4.21 Å². The Morgan fingerprint density at radius 1 is 1.38 bits per heavy atom. The molecule has 0 N–H and O–H groups in total. The van der Waals surface area contributed by atoms with E-state index in [0.29, 0.717) is 17.9 Å². The van der Waals surface area contributed by atoms with Gasteiger partial charge in [0.2, 0.25) is 0 Å². The van der Waals surface area contributed by atoms with Crippen molar-refractivity contribution in [2.75, 3.05) is 5.75 Å². The van der Waals surface area contributed by atoms with Gasteiger partial charge < -0.3 is 0 Å². The molecule has 0 radical (unpaired) electrons. The first-order chi connectivity index (χ1) is 7.63. The Bertz CT molecular complexity index is 420. The van der Waals surface area contributed by atoms with E-state index in [1.807, 2.05) is 13.8 Å². The Hall–Kier alpha value is -1.14. The van der Waals surface area contributed by atoms with Crippen LogP contribution in [0.15, 0.2) is 18.2 Å². The van der Waals surface area contributed by atoms with Gasteiger partial charge in [-0.25, -0.2) is 0 Å². The predicted molar refractivity (Wildman–Crippen MR) is 67.5 cm³/mol. The van der Waals surface area contributed by atoms with Crippen molar-refractivity contribution in [1.29, 1.82) is 5.26 Å². The molecule has 86 valence electrons. The highest BCUT2D eigenvalue weighted by molar-refractivity contribution is 7.84. The Balaban J connectivity index is 2.56. The molecular weight excluding hydrogens is 218 g/mol. The van der Waals surface area contributed by atoms with E-state index in [2.05, 4.69) is 24.3 Å². The molecular formula is C13H17NOS. The van der Waals surface area contributed by atoms with Crippen LogP contribution in [-0.2, 0) is 16.6 Å². The van der Waals surface area contributed by atoms with Crippen LogP contribution in [0.1, 0.15) is 29.5 Å². The third kappa shape index (κ3) is 4.16. The number of unbranched alkanes of at least 4 members (excludes halogenated alkanes) is 1. The molecule has 0 saturated heterocycles. The fraction of sp³-hybridized carbons (Fsp3) is 0.462. The molecule has 2 nitrogen and oxygen atoms in total. The van der Waals surface area contributed by atoms with Crippen LogP contribution in [0, 0.1) is 25.2 Å². The average Bonchev–Trinajstić information content (AvgIpc) is 2.24. The zero-order chi connectivity index (χ0) is 12.0. The monoisotopic (exact) mass is 235 g/mol. The van der Waals surface area contributed by atoms with Gasteiger partial charge in [-0.1, -0.05) is 23.8 Å². The van der Waals surface area contributed by atoms with Crippen LogP contribution in [0.5, 0.6) is 0 Å². The average molecular weight is 235 g/mol. The third-order valence-electron chi connectivity index (χ3n) is 2.48. The maximum atomic E-state index is 11.8. The summed E-state index contributed by atoms with van der Waals surface area (Å²) < 4.78 is 11.8. The van der Waals surface area contributed by atoms with E-state index in [9.17, 15) is 4.21 Å². The summed E-state index contributed by atoms with van der Waals surface area (Å²) in [6.45, 7) is 4.09. The van der Waals surface area contributed by atoms with E-state index >= 15 is 0 Å². The topological polar surface area (TPSA) is 40.9 Å². The van der Waals surface area contributed by atoms with Gasteiger partial charge in [-0.2, -0.15) is 5.26 Å². The van der Waals surface area contributed by atoms with E-state index in [4.69, 9.17) is 5.26 Å². The number of aryl methyl sites for hydroxylation is 2. The molecule has 0 heterocycles. The van der Waals surface area contributed by atoms with Gasteiger partial charge in [-0.3, -0.25) is 4.21 Å². The van der Waals surface area contributed by atoms with E-state index in [1.165, 1.54) is 11.1 Å². The number of benzene rings is 1. The van der Waals surface area contributed by atoms with Crippen molar-refractivity contribution in [2.24, 2.45) is 0 Å². The number of nitrogens with zero attached hydrogens (tertiary/aromatic N) is 1. The first kappa shape index (κ1) is 12.9. The summed E-state index contributed by atoms with van der Waals surface area (Å²) in [5.41, 5.74) is 3.56. The normalized spacial score (nSPS) is 12.1. The van der Waals surface area contributed by atoms with Crippen LogP contribution in [0.4, 0.5) is 0 Å². The van der Waals surface area contributed by atoms with Gasteiger partial charge in [0.1, 0.15) is 0 Å². The van der Waals surface area contributed by atoms with Gasteiger partial charge in [0.25, 0.3) is 0 Å². The number of hydrogen-bond acceptors (Lipinski definition) is 2. The highest BCUT2D eigenvalue weighted by atomic mass is 32.2. The summed E-state index contributed by atoms with van der Waals surface area (Å²) in [7, 11) is -0.842. The zero-order valence-electron chi connectivity index (χ0n) is 9.82. The van der Waals surface area contributed by atoms with Crippen LogP contribution in [0.25, 0.3) is 0 Å². The zero-order valence-corrected chi connectivity index (χ0v) is 10.6. The van der Waals surface area contributed by atoms with E-state index < -0.39 is 10.8 Å². The summed E-state index contributed by atoms with van der Waals surface area (Å²) in [5.74, 6) is 1.24. The molecule has 0 unspecified atom stereocenters. The maximum Gasteiger partial charge on any atom is 0.0622 e.